The van der Waals surface area contributed by atoms with Crippen LogP contribution in [-0.4, -0.2) is 25.9 Å². The van der Waals surface area contributed by atoms with Gasteiger partial charge in [0.05, 0.1) is 13.7 Å². The molecule has 1 aromatic carbocycles. The van der Waals surface area contributed by atoms with E-state index < -0.39 is 17.8 Å². The van der Waals surface area contributed by atoms with E-state index in [9.17, 15) is 18.0 Å². The molecule has 0 aromatic heterocycles. The van der Waals surface area contributed by atoms with Crippen LogP contribution in [0.3, 0.4) is 0 Å². The summed E-state index contributed by atoms with van der Waals surface area (Å²) in [4.78, 5) is 11.3. The van der Waals surface area contributed by atoms with Gasteiger partial charge in [-0.15, -0.1) is 10.2 Å². The van der Waals surface area contributed by atoms with Crippen molar-refractivity contribution in [2.24, 2.45) is 10.2 Å². The summed E-state index contributed by atoms with van der Waals surface area (Å²) in [6.07, 6.45) is -2.02. The lowest BCUT2D eigenvalue weighted by Gasteiger charge is -2.16. The molecular formula is C14H13F3N2O3. The lowest BCUT2D eigenvalue weighted by molar-refractivity contribution is -0.166. The third kappa shape index (κ3) is 2.95. The molecule has 0 saturated carbocycles. The van der Waals surface area contributed by atoms with Gasteiger partial charge in [0.25, 0.3) is 0 Å². The summed E-state index contributed by atoms with van der Waals surface area (Å²) in [5, 5.41) is 6.26. The number of methoxy groups -OCH3 is 1. The zero-order valence-corrected chi connectivity index (χ0v) is 11.8. The van der Waals surface area contributed by atoms with Crippen LogP contribution in [0.15, 0.2) is 34.5 Å². The first-order chi connectivity index (χ1) is 10.3. The normalized spacial score (nSPS) is 15.9. The van der Waals surface area contributed by atoms with Crippen molar-refractivity contribution in [2.45, 2.75) is 18.8 Å². The summed E-state index contributed by atoms with van der Waals surface area (Å²) < 4.78 is 48.6. The van der Waals surface area contributed by atoms with Crippen molar-refractivity contribution in [3.05, 3.63) is 35.4 Å². The van der Waals surface area contributed by atoms with E-state index in [-0.39, 0.29) is 17.9 Å². The number of rotatable bonds is 5. The minimum absolute atomic E-state index is 0.134. The molecule has 0 bridgehead atoms. The standard InChI is InChI=1S/C14H13F3N2O3/c1-3-22-12(20)7-5-9-4-6-10(8-11(9)21-2)13(18-19-13)14(15,16)17/h4-8H,3H2,1-2H3/b7-5+. The van der Waals surface area contributed by atoms with E-state index in [1.165, 1.54) is 37.5 Å². The van der Waals surface area contributed by atoms with Crippen LogP contribution in [-0.2, 0) is 15.2 Å². The molecule has 0 radical (unpaired) electrons. The lowest BCUT2D eigenvalue weighted by atomic mass is 10.00. The fourth-order valence-corrected chi connectivity index (χ4v) is 1.86. The van der Waals surface area contributed by atoms with Crippen molar-refractivity contribution >= 4 is 12.0 Å². The molecule has 1 aromatic rings. The van der Waals surface area contributed by atoms with E-state index >= 15 is 0 Å². The number of hydrogen-bond acceptors (Lipinski definition) is 5. The number of ether oxygens (including phenoxy) is 2. The molecule has 0 fully saturated rings. The van der Waals surface area contributed by atoms with Crippen LogP contribution >= 0.6 is 0 Å². The first-order valence-corrected chi connectivity index (χ1v) is 6.38. The van der Waals surface area contributed by atoms with E-state index in [1.54, 1.807) is 6.92 Å². The molecule has 1 aliphatic rings. The highest BCUT2D eigenvalue weighted by atomic mass is 19.4. The fourth-order valence-electron chi connectivity index (χ4n) is 1.86. The third-order valence-electron chi connectivity index (χ3n) is 3.02. The molecule has 0 unspecified atom stereocenters. The number of hydrogen-bond donors (Lipinski definition) is 0. The Bertz CT molecular complexity index is 633. The second-order valence-electron chi connectivity index (χ2n) is 4.41. The molecule has 5 nitrogen and oxygen atoms in total. The van der Waals surface area contributed by atoms with Crippen molar-refractivity contribution in [1.29, 1.82) is 0 Å². The van der Waals surface area contributed by atoms with Crippen LogP contribution in [0.4, 0.5) is 13.2 Å². The summed E-state index contributed by atoms with van der Waals surface area (Å²) in [5.41, 5.74) is -2.19. The van der Waals surface area contributed by atoms with Crippen molar-refractivity contribution in [3.8, 4) is 5.75 Å². The highest BCUT2D eigenvalue weighted by molar-refractivity contribution is 5.87. The molecule has 118 valence electrons. The quantitative estimate of drug-likeness (QED) is 0.618. The Labute approximate surface area is 124 Å². The minimum atomic E-state index is -4.60. The van der Waals surface area contributed by atoms with Crippen molar-refractivity contribution in [2.75, 3.05) is 13.7 Å². The molecule has 0 saturated heterocycles. The molecule has 1 heterocycles. The van der Waals surface area contributed by atoms with Gasteiger partial charge < -0.3 is 9.47 Å². The zero-order valence-electron chi connectivity index (χ0n) is 11.8. The van der Waals surface area contributed by atoms with Gasteiger partial charge in [0.1, 0.15) is 5.75 Å². The molecule has 22 heavy (non-hydrogen) atoms. The van der Waals surface area contributed by atoms with Gasteiger partial charge in [-0.25, -0.2) is 4.79 Å². The number of esters is 1. The van der Waals surface area contributed by atoms with Gasteiger partial charge in [0.2, 0.25) is 0 Å². The highest BCUT2D eigenvalue weighted by Gasteiger charge is 2.65. The summed E-state index contributed by atoms with van der Waals surface area (Å²) in [6, 6.07) is 3.86. The van der Waals surface area contributed by atoms with Crippen LogP contribution in [0.5, 0.6) is 5.75 Å². The Morgan fingerprint density at radius 2 is 2.05 bits per heavy atom. The SMILES string of the molecule is CCOC(=O)/C=C/c1ccc(C2(C(F)(F)F)N=N2)cc1OC. The second kappa shape index (κ2) is 5.78. The van der Waals surface area contributed by atoms with Crippen LogP contribution in [0, 0.1) is 0 Å². The van der Waals surface area contributed by atoms with Gasteiger partial charge in [-0.3, -0.25) is 0 Å². The maximum absolute atomic E-state index is 13.0. The maximum Gasteiger partial charge on any atom is 0.442 e. The average molecular weight is 314 g/mol. The summed E-state index contributed by atoms with van der Waals surface area (Å²) in [7, 11) is 1.32. The van der Waals surface area contributed by atoms with Gasteiger partial charge in [-0.05, 0) is 19.1 Å². The first-order valence-electron chi connectivity index (χ1n) is 6.38. The summed E-state index contributed by atoms with van der Waals surface area (Å²) in [5.74, 6) is -0.369. The Morgan fingerprint density at radius 1 is 1.36 bits per heavy atom. The largest absolute Gasteiger partial charge is 0.496 e. The summed E-state index contributed by atoms with van der Waals surface area (Å²) in [6.45, 7) is 1.90. The topological polar surface area (TPSA) is 60.2 Å². The van der Waals surface area contributed by atoms with Gasteiger partial charge >= 0.3 is 17.8 Å². The number of benzene rings is 1. The molecule has 0 amide bonds. The van der Waals surface area contributed by atoms with Crippen molar-refractivity contribution < 1.29 is 27.4 Å². The zero-order chi connectivity index (χ0) is 16.4. The van der Waals surface area contributed by atoms with E-state index in [0.29, 0.717) is 5.56 Å². The van der Waals surface area contributed by atoms with Crippen molar-refractivity contribution in [3.63, 3.8) is 0 Å². The molecular weight excluding hydrogens is 301 g/mol. The number of carbonyl (C=O) groups excluding carboxylic acids is 1. The third-order valence-corrected chi connectivity index (χ3v) is 3.02. The first kappa shape index (κ1) is 16.0. The van der Waals surface area contributed by atoms with Gasteiger partial charge in [-0.2, -0.15) is 13.2 Å². The fraction of sp³-hybridized carbons (Fsp3) is 0.357. The highest BCUT2D eigenvalue weighted by Crippen LogP contribution is 2.52. The molecule has 2 rings (SSSR count). The predicted octanol–water partition coefficient (Wildman–Crippen LogP) is 3.45. The van der Waals surface area contributed by atoms with E-state index in [2.05, 4.69) is 10.2 Å². The Morgan fingerprint density at radius 3 is 2.55 bits per heavy atom. The minimum Gasteiger partial charge on any atom is -0.496 e. The van der Waals surface area contributed by atoms with Gasteiger partial charge in [0.15, 0.2) is 0 Å². The predicted molar refractivity (Wildman–Crippen MR) is 71.3 cm³/mol. The molecule has 0 atom stereocenters. The molecule has 8 heteroatoms. The monoisotopic (exact) mass is 314 g/mol. The number of alkyl halides is 3. The van der Waals surface area contributed by atoms with E-state index in [0.717, 1.165) is 0 Å². The van der Waals surface area contributed by atoms with Gasteiger partial charge in [-0.1, -0.05) is 12.1 Å². The molecule has 0 aliphatic carbocycles. The lowest BCUT2D eigenvalue weighted by Crippen LogP contribution is -2.30. The Kier molecular flexibility index (Phi) is 4.20. The Balaban J connectivity index is 2.28. The number of nitrogens with zero attached hydrogens (tertiary/aromatic N) is 2. The average Bonchev–Trinajstić information content (AvgIpc) is 3.26. The van der Waals surface area contributed by atoms with Crippen LogP contribution in [0.25, 0.3) is 6.08 Å². The second-order valence-corrected chi connectivity index (χ2v) is 4.41. The van der Waals surface area contributed by atoms with Crippen LogP contribution in [0.2, 0.25) is 0 Å². The number of halogens is 3. The molecule has 0 N–H and O–H groups in total. The maximum atomic E-state index is 13.0. The summed E-state index contributed by atoms with van der Waals surface area (Å²) >= 11 is 0. The van der Waals surface area contributed by atoms with Crippen LogP contribution in [0.1, 0.15) is 18.1 Å². The van der Waals surface area contributed by atoms with Crippen molar-refractivity contribution in [1.82, 2.24) is 0 Å². The molecule has 0 spiro atoms. The van der Waals surface area contributed by atoms with E-state index in [1.807, 2.05) is 0 Å². The smallest absolute Gasteiger partial charge is 0.442 e. The van der Waals surface area contributed by atoms with E-state index in [4.69, 9.17) is 9.47 Å². The van der Waals surface area contributed by atoms with Gasteiger partial charge in [0, 0.05) is 17.2 Å². The molecule has 1 aliphatic heterocycles. The van der Waals surface area contributed by atoms with Crippen LogP contribution < -0.4 is 4.74 Å². The number of carbonyl (C=O) groups is 1. The Hall–Kier alpha value is -2.38.